The van der Waals surface area contributed by atoms with Crippen LogP contribution in [-0.4, -0.2) is 15.3 Å². The summed E-state index contributed by atoms with van der Waals surface area (Å²) in [6, 6.07) is 67.3. The molecule has 0 aliphatic heterocycles. The Morgan fingerprint density at radius 1 is 0.214 bits per heavy atom. The SMILES string of the molecule is [La].[Li+].[Li+].[Li+].[O-]c1ccc2ccccc2c1-c1c(O)ccc2ccccc12.[O-]c1ccc2ccccc2c1-c1c(O)ccc2ccccc12.[O-]c1ccc2ccccc2c1-c1c(O)ccc2ccccc12. The van der Waals surface area contributed by atoms with Crippen LogP contribution in [0.25, 0.3) is 98.0 Å². The molecule has 0 saturated heterocycles. The van der Waals surface area contributed by atoms with Crippen molar-refractivity contribution in [2.75, 3.05) is 0 Å². The summed E-state index contributed by atoms with van der Waals surface area (Å²) in [4.78, 5) is 0. The fraction of sp³-hybridized carbons (Fsp3) is 0. The first-order chi connectivity index (χ1) is 32.3. The van der Waals surface area contributed by atoms with Crippen molar-refractivity contribution in [3.05, 3.63) is 218 Å². The van der Waals surface area contributed by atoms with Crippen LogP contribution < -0.4 is 71.9 Å². The van der Waals surface area contributed by atoms with Gasteiger partial charge in [-0.25, -0.2) is 0 Å². The van der Waals surface area contributed by atoms with Gasteiger partial charge in [0, 0.05) is 52.3 Å². The van der Waals surface area contributed by atoms with Gasteiger partial charge in [0.05, 0.1) is 0 Å². The van der Waals surface area contributed by atoms with Gasteiger partial charge in [-0.05, 0) is 99.5 Å². The first-order valence-electron chi connectivity index (χ1n) is 21.5. The molecule has 0 aromatic heterocycles. The third kappa shape index (κ3) is 10.2. The first-order valence-corrected chi connectivity index (χ1v) is 21.5. The molecule has 0 spiro atoms. The number of hydrogen-bond donors (Lipinski definition) is 3. The predicted octanol–water partition coefficient (Wildman–Crippen LogP) is 4.33. The Morgan fingerprint density at radius 2 is 0.386 bits per heavy atom. The smallest absolute Gasteiger partial charge is 0.872 e. The molecule has 12 rings (SSSR count). The second-order valence-electron chi connectivity index (χ2n) is 16.0. The number of hydrogen-bond acceptors (Lipinski definition) is 6. The van der Waals surface area contributed by atoms with E-state index < -0.39 is 0 Å². The van der Waals surface area contributed by atoms with Crippen molar-refractivity contribution in [3.8, 4) is 67.9 Å². The molecule has 6 nitrogen and oxygen atoms in total. The Balaban J connectivity index is 0.000000167. The average molecular weight is 1020 g/mol. The van der Waals surface area contributed by atoms with E-state index in [0.29, 0.717) is 33.4 Å². The molecule has 0 aliphatic carbocycles. The van der Waals surface area contributed by atoms with Crippen LogP contribution in [0.3, 0.4) is 0 Å². The largest absolute Gasteiger partial charge is 1.00 e. The van der Waals surface area contributed by atoms with Gasteiger partial charge in [0.2, 0.25) is 0 Å². The zero-order valence-corrected chi connectivity index (χ0v) is 42.6. The van der Waals surface area contributed by atoms with Gasteiger partial charge in [-0.2, -0.15) is 0 Å². The molecule has 0 amide bonds. The van der Waals surface area contributed by atoms with Crippen LogP contribution in [-0.2, 0) is 0 Å². The summed E-state index contributed by atoms with van der Waals surface area (Å²) < 4.78 is 0. The molecular weight excluding hydrogens is 976 g/mol. The maximum Gasteiger partial charge on any atom is 1.00 e. The van der Waals surface area contributed by atoms with Gasteiger partial charge < -0.3 is 30.6 Å². The summed E-state index contributed by atoms with van der Waals surface area (Å²) in [7, 11) is 0. The van der Waals surface area contributed by atoms with Crippen molar-refractivity contribution < 1.29 is 123 Å². The van der Waals surface area contributed by atoms with E-state index in [9.17, 15) is 30.6 Å². The molecule has 0 saturated carbocycles. The molecular formula is C60H39LaLi3O6. The van der Waals surface area contributed by atoms with Gasteiger partial charge in [-0.15, -0.1) is 17.2 Å². The van der Waals surface area contributed by atoms with Gasteiger partial charge >= 0.3 is 56.6 Å². The maximum atomic E-state index is 12.5. The van der Waals surface area contributed by atoms with E-state index >= 15 is 0 Å². The van der Waals surface area contributed by atoms with Gasteiger partial charge in [-0.1, -0.05) is 200 Å². The summed E-state index contributed by atoms with van der Waals surface area (Å²) in [5.41, 5.74) is 3.52. The Bertz CT molecular complexity index is 3180. The maximum absolute atomic E-state index is 12.5. The van der Waals surface area contributed by atoms with Crippen LogP contribution in [0.1, 0.15) is 0 Å². The Hall–Kier alpha value is -6.01. The molecule has 10 heteroatoms. The Kier molecular flexibility index (Phi) is 17.7. The van der Waals surface area contributed by atoms with E-state index in [2.05, 4.69) is 0 Å². The average Bonchev–Trinajstić information content (AvgIpc) is 3.35. The van der Waals surface area contributed by atoms with Gasteiger partial charge in [0.1, 0.15) is 17.2 Å². The van der Waals surface area contributed by atoms with Crippen molar-refractivity contribution in [1.82, 2.24) is 0 Å². The molecule has 0 unspecified atom stereocenters. The molecule has 321 valence electrons. The fourth-order valence-electron chi connectivity index (χ4n) is 9.10. The molecule has 0 aliphatic rings. The summed E-state index contributed by atoms with van der Waals surface area (Å²) in [5.74, 6) is 0.160. The van der Waals surface area contributed by atoms with Crippen LogP contribution in [0.15, 0.2) is 218 Å². The van der Waals surface area contributed by atoms with Crippen LogP contribution in [0.2, 0.25) is 0 Å². The monoisotopic (exact) mass is 1020 g/mol. The molecule has 1 radical (unpaired) electrons. The van der Waals surface area contributed by atoms with E-state index in [-0.39, 0.29) is 127 Å². The number of phenolic OH excluding ortho intramolecular Hbond substituents is 3. The third-order valence-electron chi connectivity index (χ3n) is 12.1. The van der Waals surface area contributed by atoms with Crippen molar-refractivity contribution in [1.29, 1.82) is 0 Å². The first kappa shape index (κ1) is 53.3. The summed E-state index contributed by atoms with van der Waals surface area (Å²) in [6.45, 7) is 0. The van der Waals surface area contributed by atoms with E-state index in [1.54, 1.807) is 36.4 Å². The predicted molar refractivity (Wildman–Crippen MR) is 264 cm³/mol. The third-order valence-corrected chi connectivity index (χ3v) is 12.1. The molecule has 70 heavy (non-hydrogen) atoms. The zero-order valence-electron chi connectivity index (χ0n) is 38.9. The van der Waals surface area contributed by atoms with E-state index in [1.807, 2.05) is 182 Å². The molecule has 0 heterocycles. The van der Waals surface area contributed by atoms with Gasteiger partial charge in [-0.3, -0.25) is 0 Å². The summed E-state index contributed by atoms with van der Waals surface area (Å²) >= 11 is 0. The topological polar surface area (TPSA) is 130 Å². The minimum absolute atomic E-state index is 0. The Labute approximate surface area is 469 Å². The Morgan fingerprint density at radius 3 is 0.600 bits per heavy atom. The zero-order chi connectivity index (χ0) is 45.3. The quantitative estimate of drug-likeness (QED) is 0.226. The van der Waals surface area contributed by atoms with Crippen LogP contribution in [0, 0.1) is 35.6 Å². The molecule has 12 aromatic carbocycles. The molecule has 3 N–H and O–H groups in total. The molecule has 0 fully saturated rings. The minimum Gasteiger partial charge on any atom is -0.872 e. The number of rotatable bonds is 3. The van der Waals surface area contributed by atoms with Crippen LogP contribution >= 0.6 is 0 Å². The van der Waals surface area contributed by atoms with Crippen molar-refractivity contribution >= 4 is 64.6 Å². The second-order valence-corrected chi connectivity index (χ2v) is 16.0. The van der Waals surface area contributed by atoms with Crippen molar-refractivity contribution in [2.45, 2.75) is 0 Å². The van der Waals surface area contributed by atoms with Gasteiger partial charge in [0.25, 0.3) is 0 Å². The van der Waals surface area contributed by atoms with Gasteiger partial charge in [0.15, 0.2) is 0 Å². The molecule has 12 aromatic rings. The second kappa shape index (κ2) is 23.3. The van der Waals surface area contributed by atoms with E-state index in [1.165, 1.54) is 0 Å². The van der Waals surface area contributed by atoms with E-state index in [4.69, 9.17) is 0 Å². The number of fused-ring (bicyclic) bond motifs is 6. The van der Waals surface area contributed by atoms with E-state index in [0.717, 1.165) is 64.6 Å². The fourth-order valence-corrected chi connectivity index (χ4v) is 9.10. The molecule has 0 bridgehead atoms. The number of phenols is 3. The normalized spacial score (nSPS) is 10.5. The standard InChI is InChI=1S/3C20H14O2.La.3Li/c3*21-17-11-9-13-5-1-3-7-15(13)19(17)20-16-8-4-2-6-14(16)10-12-18(20)22;;;;/h3*1-12,21-22H;;;;/q;;;;3*+1/p-3. The molecule has 0 atom stereocenters. The summed E-state index contributed by atoms with van der Waals surface area (Å²) in [5, 5.41) is 80.0. The van der Waals surface area contributed by atoms with Crippen LogP contribution in [0.5, 0.6) is 34.5 Å². The van der Waals surface area contributed by atoms with Crippen LogP contribution in [0.4, 0.5) is 0 Å². The minimum atomic E-state index is -0.0784. The van der Waals surface area contributed by atoms with Crippen molar-refractivity contribution in [2.24, 2.45) is 0 Å². The van der Waals surface area contributed by atoms with Crippen molar-refractivity contribution in [3.63, 3.8) is 0 Å². The summed E-state index contributed by atoms with van der Waals surface area (Å²) in [6.07, 6.45) is 0. The number of benzene rings is 12. The number of aromatic hydroxyl groups is 3.